The molecule has 0 atom stereocenters. The van der Waals surface area contributed by atoms with Crippen molar-refractivity contribution in [1.82, 2.24) is 4.90 Å². The van der Waals surface area contributed by atoms with Crippen LogP contribution in [0.2, 0.25) is 0 Å². The molecule has 0 radical (unpaired) electrons. The molecule has 1 N–H and O–H groups in total. The third kappa shape index (κ3) is 5.67. The second kappa shape index (κ2) is 8.67. The zero-order valence-corrected chi connectivity index (χ0v) is 14.0. The maximum absolute atomic E-state index is 12.1. The van der Waals surface area contributed by atoms with Gasteiger partial charge in [0.1, 0.15) is 13.2 Å². The highest BCUT2D eigenvalue weighted by molar-refractivity contribution is 5.92. The summed E-state index contributed by atoms with van der Waals surface area (Å²) in [7, 11) is 1.83. The molecule has 5 heteroatoms. The molecule has 2 rings (SSSR count). The van der Waals surface area contributed by atoms with Gasteiger partial charge in [-0.15, -0.1) is 0 Å². The lowest BCUT2D eigenvalue weighted by Gasteiger charge is -2.31. The van der Waals surface area contributed by atoms with E-state index in [9.17, 15) is 9.59 Å². The van der Waals surface area contributed by atoms with Crippen molar-refractivity contribution in [2.75, 3.05) is 25.6 Å². The van der Waals surface area contributed by atoms with Gasteiger partial charge in [0.15, 0.2) is 0 Å². The molecule has 1 aliphatic rings. The van der Waals surface area contributed by atoms with Crippen LogP contribution in [0.3, 0.4) is 0 Å². The molecule has 0 aromatic heterocycles. The van der Waals surface area contributed by atoms with Crippen LogP contribution >= 0.6 is 0 Å². The Kier molecular flexibility index (Phi) is 6.59. The molecule has 23 heavy (non-hydrogen) atoms. The molecule has 1 aromatic carbocycles. The Labute approximate surface area is 138 Å². The minimum atomic E-state index is -0.247. The Bertz CT molecular complexity index is 539. The Morgan fingerprint density at radius 1 is 1.22 bits per heavy atom. The Morgan fingerprint density at radius 2 is 1.96 bits per heavy atom. The molecule has 0 spiro atoms. The zero-order valence-electron chi connectivity index (χ0n) is 14.0. The standard InChI is InChI=1S/C18H26N2O3/c1-14-7-6-8-15(11-14)19-17(21)12-23-13-18(22)20(2)16-9-4-3-5-10-16/h6-8,11,16H,3-5,9-10,12-13H2,1-2H3,(H,19,21). The third-order valence-electron chi connectivity index (χ3n) is 4.28. The van der Waals surface area contributed by atoms with Gasteiger partial charge in [0, 0.05) is 18.8 Å². The molecule has 0 aliphatic heterocycles. The van der Waals surface area contributed by atoms with E-state index >= 15 is 0 Å². The van der Waals surface area contributed by atoms with Crippen molar-refractivity contribution < 1.29 is 14.3 Å². The number of likely N-dealkylation sites (N-methyl/N-ethyl adjacent to an activating group) is 1. The number of nitrogens with zero attached hydrogens (tertiary/aromatic N) is 1. The van der Waals surface area contributed by atoms with E-state index in [-0.39, 0.29) is 25.0 Å². The number of amides is 2. The molecule has 0 bridgehead atoms. The lowest BCUT2D eigenvalue weighted by atomic mass is 9.94. The fourth-order valence-electron chi connectivity index (χ4n) is 2.92. The van der Waals surface area contributed by atoms with E-state index in [2.05, 4.69) is 5.32 Å². The molecule has 1 aliphatic carbocycles. The summed E-state index contributed by atoms with van der Waals surface area (Å²) in [5.41, 5.74) is 1.82. The van der Waals surface area contributed by atoms with Crippen LogP contribution in [0, 0.1) is 6.92 Å². The molecule has 2 amide bonds. The van der Waals surface area contributed by atoms with E-state index in [4.69, 9.17) is 4.74 Å². The van der Waals surface area contributed by atoms with E-state index in [1.54, 1.807) is 4.90 Å². The fourth-order valence-corrected chi connectivity index (χ4v) is 2.92. The summed E-state index contributed by atoms with van der Waals surface area (Å²) in [4.78, 5) is 25.7. The summed E-state index contributed by atoms with van der Waals surface area (Å²) in [6, 6.07) is 7.88. The molecule has 1 saturated carbocycles. The number of carbonyl (C=O) groups excluding carboxylic acids is 2. The topological polar surface area (TPSA) is 58.6 Å². The second-order valence-electron chi connectivity index (χ2n) is 6.21. The molecule has 126 valence electrons. The van der Waals surface area contributed by atoms with Crippen molar-refractivity contribution >= 4 is 17.5 Å². The molecule has 0 saturated heterocycles. The van der Waals surface area contributed by atoms with Crippen LogP contribution in [0.4, 0.5) is 5.69 Å². The first-order chi connectivity index (χ1) is 11.1. The first kappa shape index (κ1) is 17.5. The highest BCUT2D eigenvalue weighted by atomic mass is 16.5. The second-order valence-corrected chi connectivity index (χ2v) is 6.21. The quantitative estimate of drug-likeness (QED) is 0.877. The summed E-state index contributed by atoms with van der Waals surface area (Å²) >= 11 is 0. The van der Waals surface area contributed by atoms with Gasteiger partial charge in [-0.2, -0.15) is 0 Å². The van der Waals surface area contributed by atoms with Gasteiger partial charge in [-0.05, 0) is 37.5 Å². The van der Waals surface area contributed by atoms with E-state index in [0.717, 1.165) is 24.1 Å². The van der Waals surface area contributed by atoms with Gasteiger partial charge in [-0.1, -0.05) is 31.4 Å². The zero-order chi connectivity index (χ0) is 16.7. The highest BCUT2D eigenvalue weighted by Gasteiger charge is 2.22. The molecular weight excluding hydrogens is 292 g/mol. The number of ether oxygens (including phenoxy) is 1. The lowest BCUT2D eigenvalue weighted by molar-refractivity contribution is -0.138. The van der Waals surface area contributed by atoms with Crippen LogP contribution in [0.5, 0.6) is 0 Å². The van der Waals surface area contributed by atoms with Crippen LogP contribution in [-0.2, 0) is 14.3 Å². The number of anilines is 1. The summed E-state index contributed by atoms with van der Waals surface area (Å²) in [5.74, 6) is -0.302. The third-order valence-corrected chi connectivity index (χ3v) is 4.28. The van der Waals surface area contributed by atoms with Gasteiger partial charge < -0.3 is 15.0 Å². The van der Waals surface area contributed by atoms with E-state index in [1.165, 1.54) is 19.3 Å². The lowest BCUT2D eigenvalue weighted by Crippen LogP contribution is -2.40. The van der Waals surface area contributed by atoms with Crippen molar-refractivity contribution in [1.29, 1.82) is 0 Å². The molecule has 1 fully saturated rings. The minimum absolute atomic E-state index is 0.0474. The number of aryl methyl sites for hydroxylation is 1. The highest BCUT2D eigenvalue weighted by Crippen LogP contribution is 2.21. The largest absolute Gasteiger partial charge is 0.362 e. The number of benzene rings is 1. The van der Waals surface area contributed by atoms with Gasteiger partial charge in [0.2, 0.25) is 11.8 Å². The van der Waals surface area contributed by atoms with Crippen LogP contribution in [-0.4, -0.2) is 43.0 Å². The summed E-state index contributed by atoms with van der Waals surface area (Å²) < 4.78 is 5.27. The number of nitrogens with one attached hydrogen (secondary N) is 1. The fraction of sp³-hybridized carbons (Fsp3) is 0.556. The van der Waals surface area contributed by atoms with Crippen molar-refractivity contribution in [3.8, 4) is 0 Å². The maximum Gasteiger partial charge on any atom is 0.250 e. The predicted molar refractivity (Wildman–Crippen MR) is 90.3 cm³/mol. The van der Waals surface area contributed by atoms with Crippen LogP contribution in [0.1, 0.15) is 37.7 Å². The van der Waals surface area contributed by atoms with Gasteiger partial charge in [-0.25, -0.2) is 0 Å². The molecule has 0 unspecified atom stereocenters. The van der Waals surface area contributed by atoms with Crippen LogP contribution < -0.4 is 5.32 Å². The van der Waals surface area contributed by atoms with Gasteiger partial charge >= 0.3 is 0 Å². The van der Waals surface area contributed by atoms with Gasteiger partial charge in [0.05, 0.1) is 0 Å². The van der Waals surface area contributed by atoms with Crippen molar-refractivity contribution in [3.63, 3.8) is 0 Å². The Balaban J connectivity index is 1.69. The Morgan fingerprint density at radius 3 is 2.65 bits per heavy atom. The smallest absolute Gasteiger partial charge is 0.250 e. The maximum atomic E-state index is 12.1. The molecular formula is C18H26N2O3. The monoisotopic (exact) mass is 318 g/mol. The average Bonchev–Trinajstić information content (AvgIpc) is 2.55. The number of carbonyl (C=O) groups is 2. The minimum Gasteiger partial charge on any atom is -0.362 e. The van der Waals surface area contributed by atoms with Crippen molar-refractivity contribution in [2.24, 2.45) is 0 Å². The van der Waals surface area contributed by atoms with E-state index < -0.39 is 0 Å². The number of hydrogen-bond acceptors (Lipinski definition) is 3. The van der Waals surface area contributed by atoms with E-state index in [1.807, 2.05) is 38.2 Å². The number of hydrogen-bond donors (Lipinski definition) is 1. The van der Waals surface area contributed by atoms with Crippen molar-refractivity contribution in [3.05, 3.63) is 29.8 Å². The first-order valence-electron chi connectivity index (χ1n) is 8.26. The van der Waals surface area contributed by atoms with Gasteiger partial charge in [-0.3, -0.25) is 9.59 Å². The first-order valence-corrected chi connectivity index (χ1v) is 8.26. The molecule has 5 nitrogen and oxygen atoms in total. The summed E-state index contributed by atoms with van der Waals surface area (Å²) in [5, 5.41) is 2.76. The number of rotatable bonds is 6. The normalized spacial score (nSPS) is 15.2. The van der Waals surface area contributed by atoms with E-state index in [0.29, 0.717) is 6.04 Å². The van der Waals surface area contributed by atoms with Crippen LogP contribution in [0.15, 0.2) is 24.3 Å². The summed E-state index contributed by atoms with van der Waals surface area (Å²) in [6.45, 7) is 1.80. The van der Waals surface area contributed by atoms with Crippen LogP contribution in [0.25, 0.3) is 0 Å². The SMILES string of the molecule is Cc1cccc(NC(=O)COCC(=O)N(C)C2CCCCC2)c1. The van der Waals surface area contributed by atoms with Gasteiger partial charge in [0.25, 0.3) is 0 Å². The summed E-state index contributed by atoms with van der Waals surface area (Å²) in [6.07, 6.45) is 5.75. The molecule has 0 heterocycles. The molecule has 1 aromatic rings. The predicted octanol–water partition coefficient (Wildman–Crippen LogP) is 2.74. The average molecular weight is 318 g/mol. The van der Waals surface area contributed by atoms with Crippen molar-refractivity contribution in [2.45, 2.75) is 45.1 Å². The Hall–Kier alpha value is -1.88.